The van der Waals surface area contributed by atoms with Crippen LogP contribution in [0.15, 0.2) is 109 Å². The maximum Gasteiger partial charge on any atom is 0.306 e. The van der Waals surface area contributed by atoms with Gasteiger partial charge in [-0.15, -0.1) is 0 Å². The molecule has 0 aromatic rings. The van der Waals surface area contributed by atoms with Crippen LogP contribution in [-0.4, -0.2) is 37.2 Å². The van der Waals surface area contributed by atoms with E-state index in [9.17, 15) is 14.4 Å². The summed E-state index contributed by atoms with van der Waals surface area (Å²) in [5.74, 6) is -0.900. The van der Waals surface area contributed by atoms with Crippen molar-refractivity contribution in [3.63, 3.8) is 0 Å². The molecule has 0 spiro atoms. The second kappa shape index (κ2) is 67.6. The van der Waals surface area contributed by atoms with Gasteiger partial charge in [-0.1, -0.05) is 291 Å². The number of carbonyl (C=O) groups is 3. The Morgan fingerprint density at radius 1 is 0.263 bits per heavy atom. The molecule has 1 unspecified atom stereocenters. The summed E-state index contributed by atoms with van der Waals surface area (Å²) in [6.07, 6.45) is 92.6. The van der Waals surface area contributed by atoms with Gasteiger partial charge in [0.2, 0.25) is 0 Å². The lowest BCUT2D eigenvalue weighted by molar-refractivity contribution is -0.167. The molecule has 0 fully saturated rings. The molecule has 0 aliphatic carbocycles. The fraction of sp³-hybridized carbons (Fsp3) is 0.716. The van der Waals surface area contributed by atoms with Gasteiger partial charge in [-0.3, -0.25) is 14.4 Å². The highest BCUT2D eigenvalue weighted by Gasteiger charge is 2.19. The summed E-state index contributed by atoms with van der Waals surface area (Å²) in [7, 11) is 0. The molecule has 0 bridgehead atoms. The van der Waals surface area contributed by atoms with Crippen molar-refractivity contribution in [3.8, 4) is 0 Å². The average Bonchev–Trinajstić information content (AvgIpc) is 3.46. The quantitative estimate of drug-likeness (QED) is 0.0261. The van der Waals surface area contributed by atoms with E-state index < -0.39 is 6.10 Å². The average molecular weight is 1110 g/mol. The number of ether oxygens (including phenoxy) is 3. The molecular formula is C74H126O6. The van der Waals surface area contributed by atoms with Gasteiger partial charge in [0.1, 0.15) is 13.2 Å². The third-order valence-electron chi connectivity index (χ3n) is 14.5. The Balaban J connectivity index is 4.20. The van der Waals surface area contributed by atoms with E-state index in [-0.39, 0.29) is 31.1 Å². The first kappa shape index (κ1) is 76.1. The summed E-state index contributed by atoms with van der Waals surface area (Å²) in [5.41, 5.74) is 0. The third-order valence-corrected chi connectivity index (χ3v) is 14.5. The van der Waals surface area contributed by atoms with Gasteiger partial charge in [0.25, 0.3) is 0 Å². The monoisotopic (exact) mass is 1110 g/mol. The molecular weight excluding hydrogens is 985 g/mol. The van der Waals surface area contributed by atoms with Gasteiger partial charge in [0, 0.05) is 19.3 Å². The van der Waals surface area contributed by atoms with Crippen molar-refractivity contribution in [2.75, 3.05) is 13.2 Å². The maximum atomic E-state index is 12.9. The number of esters is 3. The third kappa shape index (κ3) is 64.9. The van der Waals surface area contributed by atoms with E-state index in [0.717, 1.165) is 128 Å². The second-order valence-electron chi connectivity index (χ2n) is 22.3. The van der Waals surface area contributed by atoms with Crippen LogP contribution < -0.4 is 0 Å². The molecule has 0 amide bonds. The molecule has 0 radical (unpaired) electrons. The SMILES string of the molecule is CC/C=C\C/C=C\C/C=C\C/C=C\C/C=C\CCCCCCCCCCCCCCCCCC(=O)OCC(COC(=O)CCCCCCC/C=C\CCC)OC(=O)CCCCCCCC/C=C\C/C=C\C/C=C\CCCCCCC. The van der Waals surface area contributed by atoms with Crippen molar-refractivity contribution in [1.29, 1.82) is 0 Å². The normalized spacial score (nSPS) is 12.8. The first-order valence-electron chi connectivity index (χ1n) is 33.9. The summed E-state index contributed by atoms with van der Waals surface area (Å²) in [4.78, 5) is 38.3. The molecule has 6 nitrogen and oxygen atoms in total. The van der Waals surface area contributed by atoms with E-state index in [1.807, 2.05) is 0 Å². The molecule has 0 aromatic heterocycles. The summed E-state index contributed by atoms with van der Waals surface area (Å²) < 4.78 is 16.9. The minimum atomic E-state index is -0.789. The van der Waals surface area contributed by atoms with Crippen LogP contribution in [0, 0.1) is 0 Å². The molecule has 6 heteroatoms. The predicted molar refractivity (Wildman–Crippen MR) is 348 cm³/mol. The van der Waals surface area contributed by atoms with E-state index in [1.54, 1.807) is 0 Å². The van der Waals surface area contributed by atoms with Crippen molar-refractivity contribution in [2.24, 2.45) is 0 Å². The molecule has 0 rings (SSSR count). The predicted octanol–water partition coefficient (Wildman–Crippen LogP) is 23.4. The second-order valence-corrected chi connectivity index (χ2v) is 22.3. The number of rotatable bonds is 61. The van der Waals surface area contributed by atoms with Crippen LogP contribution in [0.5, 0.6) is 0 Å². The Hall–Kier alpha value is -3.93. The molecule has 0 N–H and O–H groups in total. The van der Waals surface area contributed by atoms with Crippen LogP contribution in [0.4, 0.5) is 0 Å². The molecule has 0 saturated heterocycles. The van der Waals surface area contributed by atoms with Gasteiger partial charge in [0.05, 0.1) is 0 Å². The molecule has 1 atom stereocenters. The fourth-order valence-electron chi connectivity index (χ4n) is 9.42. The minimum Gasteiger partial charge on any atom is -0.462 e. The lowest BCUT2D eigenvalue weighted by Crippen LogP contribution is -2.30. The molecule has 0 aromatic carbocycles. The van der Waals surface area contributed by atoms with Gasteiger partial charge in [-0.25, -0.2) is 0 Å². The summed E-state index contributed by atoms with van der Waals surface area (Å²) in [5, 5.41) is 0. The highest BCUT2D eigenvalue weighted by molar-refractivity contribution is 5.71. The minimum absolute atomic E-state index is 0.0850. The topological polar surface area (TPSA) is 78.9 Å². The van der Waals surface area contributed by atoms with Crippen LogP contribution in [-0.2, 0) is 28.6 Å². The molecule has 0 heterocycles. The number of unbranched alkanes of at least 4 members (excludes halogenated alkanes) is 32. The molecule has 0 saturated carbocycles. The molecule has 80 heavy (non-hydrogen) atoms. The lowest BCUT2D eigenvalue weighted by Gasteiger charge is -2.18. The fourth-order valence-corrected chi connectivity index (χ4v) is 9.42. The van der Waals surface area contributed by atoms with E-state index in [4.69, 9.17) is 14.2 Å². The van der Waals surface area contributed by atoms with Gasteiger partial charge < -0.3 is 14.2 Å². The maximum absolute atomic E-state index is 12.9. The van der Waals surface area contributed by atoms with E-state index >= 15 is 0 Å². The zero-order chi connectivity index (χ0) is 57.8. The first-order valence-corrected chi connectivity index (χ1v) is 33.9. The van der Waals surface area contributed by atoms with E-state index in [0.29, 0.717) is 19.3 Å². The van der Waals surface area contributed by atoms with Crippen molar-refractivity contribution >= 4 is 17.9 Å². The van der Waals surface area contributed by atoms with Gasteiger partial charge in [0.15, 0.2) is 6.10 Å². The Bertz CT molecular complexity index is 1610. The largest absolute Gasteiger partial charge is 0.462 e. The molecule has 0 aliphatic rings. The summed E-state index contributed by atoms with van der Waals surface area (Å²) in [6, 6.07) is 0. The summed E-state index contributed by atoms with van der Waals surface area (Å²) in [6.45, 7) is 6.46. The van der Waals surface area contributed by atoms with Crippen LogP contribution in [0.25, 0.3) is 0 Å². The Morgan fingerprint density at radius 3 is 0.825 bits per heavy atom. The molecule has 0 aliphatic heterocycles. The standard InChI is InChI=1S/C74H126O6/c1-4-7-10-13-16-19-22-24-26-28-30-32-33-34-35-36-37-38-39-40-41-43-44-46-48-50-52-55-58-61-64-67-73(76)79-70-71(69-78-72(75)66-63-60-57-54-21-18-15-12-9-6-3)80-74(77)68-65-62-59-56-53-51-49-47-45-42-31-29-27-25-23-20-17-14-11-8-5-2/h7,10,12,15-16,19,23-26,29-32,34-35,45,47,71H,4-6,8-9,11,13-14,17-18,20-22,27-28,33,36-44,46,48-70H2,1-3H3/b10-7-,15-12-,19-16-,25-23-,26-24-,31-29-,32-30-,35-34-,47-45-. The van der Waals surface area contributed by atoms with Crippen molar-refractivity contribution in [2.45, 2.75) is 329 Å². The highest BCUT2D eigenvalue weighted by atomic mass is 16.6. The van der Waals surface area contributed by atoms with Crippen molar-refractivity contribution < 1.29 is 28.6 Å². The van der Waals surface area contributed by atoms with Crippen molar-refractivity contribution in [3.05, 3.63) is 109 Å². The van der Waals surface area contributed by atoms with Crippen LogP contribution in [0.2, 0.25) is 0 Å². The number of hydrogen-bond acceptors (Lipinski definition) is 6. The Kier molecular flexibility index (Phi) is 64.3. The van der Waals surface area contributed by atoms with Crippen molar-refractivity contribution in [1.82, 2.24) is 0 Å². The zero-order valence-electron chi connectivity index (χ0n) is 52.6. The highest BCUT2D eigenvalue weighted by Crippen LogP contribution is 2.16. The first-order chi connectivity index (χ1) is 39.5. The number of allylic oxidation sites excluding steroid dienone is 18. The number of carbonyl (C=O) groups excluding carboxylic acids is 3. The van der Waals surface area contributed by atoms with Crippen LogP contribution in [0.1, 0.15) is 323 Å². The van der Waals surface area contributed by atoms with E-state index in [1.165, 1.54) is 154 Å². The van der Waals surface area contributed by atoms with Gasteiger partial charge >= 0.3 is 17.9 Å². The smallest absolute Gasteiger partial charge is 0.306 e. The van der Waals surface area contributed by atoms with Gasteiger partial charge in [-0.05, 0) is 122 Å². The molecule has 458 valence electrons. The lowest BCUT2D eigenvalue weighted by atomic mass is 10.0. The zero-order valence-corrected chi connectivity index (χ0v) is 52.6. The Labute approximate surface area is 495 Å². The van der Waals surface area contributed by atoms with E-state index in [2.05, 4.69) is 130 Å². The summed E-state index contributed by atoms with van der Waals surface area (Å²) >= 11 is 0. The van der Waals surface area contributed by atoms with Crippen LogP contribution >= 0.6 is 0 Å². The van der Waals surface area contributed by atoms with Gasteiger partial charge in [-0.2, -0.15) is 0 Å². The van der Waals surface area contributed by atoms with Crippen LogP contribution in [0.3, 0.4) is 0 Å². The number of hydrogen-bond donors (Lipinski definition) is 0. The Morgan fingerprint density at radius 2 is 0.512 bits per heavy atom.